The highest BCUT2D eigenvalue weighted by Gasteiger charge is 2.44. The molecule has 1 aliphatic heterocycles. The first-order valence-corrected chi connectivity index (χ1v) is 6.32. The largest absolute Gasteiger partial charge is 0.481 e. The van der Waals surface area contributed by atoms with Crippen LogP contribution in [0, 0.1) is 0 Å². The van der Waals surface area contributed by atoms with Crippen molar-refractivity contribution >= 4 is 5.97 Å². The molecule has 4 nitrogen and oxygen atoms in total. The fourth-order valence-electron chi connectivity index (χ4n) is 2.27. The van der Waals surface area contributed by atoms with Gasteiger partial charge < -0.3 is 14.6 Å². The Kier molecular flexibility index (Phi) is 3.51. The molecular formula is C15H18O4. The minimum Gasteiger partial charge on any atom is -0.481 e. The molecule has 0 aromatic heterocycles. The van der Waals surface area contributed by atoms with Crippen molar-refractivity contribution in [1.82, 2.24) is 0 Å². The van der Waals surface area contributed by atoms with E-state index in [1.165, 1.54) is 0 Å². The van der Waals surface area contributed by atoms with Crippen LogP contribution in [0.5, 0.6) is 0 Å². The van der Waals surface area contributed by atoms with Gasteiger partial charge in [0.05, 0.1) is 18.6 Å². The third kappa shape index (κ3) is 2.30. The molecule has 0 spiro atoms. The van der Waals surface area contributed by atoms with Crippen LogP contribution in [0.1, 0.15) is 31.9 Å². The van der Waals surface area contributed by atoms with Gasteiger partial charge in [-0.15, -0.1) is 0 Å². The van der Waals surface area contributed by atoms with E-state index in [4.69, 9.17) is 9.47 Å². The molecule has 1 aliphatic rings. The molecule has 4 heteroatoms. The number of ether oxygens (including phenoxy) is 2. The number of carbonyl (C=O) groups excluding carboxylic acids is 1. The topological polar surface area (TPSA) is 55.8 Å². The summed E-state index contributed by atoms with van der Waals surface area (Å²) >= 11 is 0. The lowest BCUT2D eigenvalue weighted by molar-refractivity contribution is -0.142. The highest BCUT2D eigenvalue weighted by atomic mass is 16.6. The summed E-state index contributed by atoms with van der Waals surface area (Å²) in [5.41, 5.74) is 1.85. The summed E-state index contributed by atoms with van der Waals surface area (Å²) in [6, 6.07) is 7.55. The maximum Gasteiger partial charge on any atom is 0.310 e. The smallest absolute Gasteiger partial charge is 0.310 e. The summed E-state index contributed by atoms with van der Waals surface area (Å²) in [5.74, 6) is -0.294. The van der Waals surface area contributed by atoms with E-state index in [9.17, 15) is 9.90 Å². The molecule has 0 fully saturated rings. The average Bonchev–Trinajstić information content (AvgIpc) is 2.39. The molecule has 1 aromatic carbocycles. The van der Waals surface area contributed by atoms with Gasteiger partial charge in [0.25, 0.3) is 5.95 Å². The lowest BCUT2D eigenvalue weighted by atomic mass is 9.82. The normalized spacial score (nSPS) is 21.6. The molecule has 0 aliphatic carbocycles. The van der Waals surface area contributed by atoms with E-state index < -0.39 is 5.60 Å². The number of esters is 1. The van der Waals surface area contributed by atoms with Gasteiger partial charge in [-0.2, -0.15) is 0 Å². The van der Waals surface area contributed by atoms with E-state index in [1.54, 1.807) is 6.92 Å². The maximum absolute atomic E-state index is 11.6. The third-order valence-electron chi connectivity index (χ3n) is 3.51. The fraction of sp³-hybridized carbons (Fsp3) is 0.400. The number of aliphatic hydroxyl groups is 1. The van der Waals surface area contributed by atoms with Crippen molar-refractivity contribution < 1.29 is 19.4 Å². The molecule has 0 bridgehead atoms. The molecule has 0 saturated carbocycles. The number of hydrogen-bond acceptors (Lipinski definition) is 4. The Morgan fingerprint density at radius 1 is 1.42 bits per heavy atom. The Balaban J connectivity index is 2.30. The molecule has 19 heavy (non-hydrogen) atoms. The van der Waals surface area contributed by atoms with Crippen LogP contribution in [0.15, 0.2) is 35.8 Å². The summed E-state index contributed by atoms with van der Waals surface area (Å²) in [6.45, 7) is 5.85. The van der Waals surface area contributed by atoms with Crippen LogP contribution in [0.3, 0.4) is 0 Å². The molecule has 0 amide bonds. The van der Waals surface area contributed by atoms with E-state index in [0.29, 0.717) is 6.61 Å². The summed E-state index contributed by atoms with van der Waals surface area (Å²) < 4.78 is 10.4. The number of rotatable bonds is 4. The van der Waals surface area contributed by atoms with Gasteiger partial charge in [0, 0.05) is 5.56 Å². The monoisotopic (exact) mass is 262 g/mol. The number of carbonyl (C=O) groups is 1. The van der Waals surface area contributed by atoms with Crippen molar-refractivity contribution in [3.8, 4) is 0 Å². The van der Waals surface area contributed by atoms with Crippen LogP contribution in [0.25, 0.3) is 0 Å². The Bertz CT molecular complexity index is 533. The maximum atomic E-state index is 11.6. The molecule has 1 atom stereocenters. The van der Waals surface area contributed by atoms with Crippen molar-refractivity contribution in [1.29, 1.82) is 0 Å². The van der Waals surface area contributed by atoms with E-state index in [2.05, 4.69) is 0 Å². The lowest BCUT2D eigenvalue weighted by Crippen LogP contribution is -2.38. The van der Waals surface area contributed by atoms with Crippen LogP contribution in [0.2, 0.25) is 0 Å². The van der Waals surface area contributed by atoms with Gasteiger partial charge in [-0.25, -0.2) is 0 Å². The summed E-state index contributed by atoms with van der Waals surface area (Å²) in [4.78, 5) is 11.6. The number of aliphatic hydroxyl groups excluding tert-OH is 1. The molecule has 1 aromatic rings. The number of hydrogen-bond donors (Lipinski definition) is 1. The second-order valence-electron chi connectivity index (χ2n) is 4.70. The van der Waals surface area contributed by atoms with Crippen molar-refractivity contribution in [3.05, 3.63) is 46.9 Å². The van der Waals surface area contributed by atoms with E-state index >= 15 is 0 Å². The van der Waals surface area contributed by atoms with Crippen LogP contribution in [-0.4, -0.2) is 17.7 Å². The minimum absolute atomic E-state index is 0.0339. The van der Waals surface area contributed by atoms with Crippen LogP contribution < -0.4 is 0 Å². The summed E-state index contributed by atoms with van der Waals surface area (Å²) in [6.07, 6.45) is 0.205. The third-order valence-corrected chi connectivity index (χ3v) is 3.51. The lowest BCUT2D eigenvalue weighted by Gasteiger charge is -2.40. The predicted molar refractivity (Wildman–Crippen MR) is 70.5 cm³/mol. The first-order chi connectivity index (χ1) is 8.99. The second-order valence-corrected chi connectivity index (χ2v) is 4.70. The molecule has 102 valence electrons. The first-order valence-electron chi connectivity index (χ1n) is 6.32. The van der Waals surface area contributed by atoms with Crippen molar-refractivity contribution in [3.63, 3.8) is 0 Å². The van der Waals surface area contributed by atoms with Gasteiger partial charge in [0.2, 0.25) is 0 Å². The van der Waals surface area contributed by atoms with Gasteiger partial charge in [0.15, 0.2) is 5.60 Å². The van der Waals surface area contributed by atoms with Crippen molar-refractivity contribution in [2.45, 2.75) is 32.8 Å². The Morgan fingerprint density at radius 3 is 2.68 bits per heavy atom. The standard InChI is InChI=1S/C15H18O4/c1-4-18-13(16)9-11-7-5-6-8-12(11)15(3)10(2)14(17)19-15/h5-8,17H,4,9H2,1-3H3. The summed E-state index contributed by atoms with van der Waals surface area (Å²) in [7, 11) is 0. The molecule has 1 N–H and O–H groups in total. The average molecular weight is 262 g/mol. The Morgan fingerprint density at radius 2 is 2.11 bits per heavy atom. The zero-order valence-corrected chi connectivity index (χ0v) is 11.4. The molecule has 0 saturated heterocycles. The molecule has 1 unspecified atom stereocenters. The predicted octanol–water partition coefficient (Wildman–Crippen LogP) is 2.83. The first kappa shape index (κ1) is 13.5. The van der Waals surface area contributed by atoms with Crippen LogP contribution in [0.4, 0.5) is 0 Å². The van der Waals surface area contributed by atoms with E-state index in [1.807, 2.05) is 38.1 Å². The Hall–Kier alpha value is -1.97. The summed E-state index contributed by atoms with van der Waals surface area (Å²) in [5, 5.41) is 9.44. The number of benzene rings is 1. The highest BCUT2D eigenvalue weighted by molar-refractivity contribution is 5.73. The zero-order chi connectivity index (χ0) is 14.0. The SMILES string of the molecule is CCOC(=O)Cc1ccccc1C1(C)OC(O)=C1C. The van der Waals surface area contributed by atoms with Gasteiger partial charge >= 0.3 is 5.97 Å². The van der Waals surface area contributed by atoms with Gasteiger partial charge in [-0.1, -0.05) is 24.3 Å². The fourth-order valence-corrected chi connectivity index (χ4v) is 2.27. The van der Waals surface area contributed by atoms with E-state index in [0.717, 1.165) is 16.7 Å². The quantitative estimate of drug-likeness (QED) is 0.848. The van der Waals surface area contributed by atoms with Gasteiger partial charge in [-0.3, -0.25) is 4.79 Å². The zero-order valence-electron chi connectivity index (χ0n) is 11.4. The van der Waals surface area contributed by atoms with Gasteiger partial charge in [0.1, 0.15) is 0 Å². The van der Waals surface area contributed by atoms with Crippen molar-refractivity contribution in [2.24, 2.45) is 0 Å². The molecule has 2 rings (SSSR count). The Labute approximate surface area is 112 Å². The van der Waals surface area contributed by atoms with E-state index in [-0.39, 0.29) is 18.3 Å². The molecule has 0 radical (unpaired) electrons. The highest BCUT2D eigenvalue weighted by Crippen LogP contribution is 2.45. The molecular weight excluding hydrogens is 244 g/mol. The van der Waals surface area contributed by atoms with Crippen LogP contribution in [-0.2, 0) is 26.3 Å². The van der Waals surface area contributed by atoms with Crippen molar-refractivity contribution in [2.75, 3.05) is 6.61 Å². The minimum atomic E-state index is -0.660. The van der Waals surface area contributed by atoms with Crippen LogP contribution >= 0.6 is 0 Å². The van der Waals surface area contributed by atoms with Gasteiger partial charge in [-0.05, 0) is 26.3 Å². The second kappa shape index (κ2) is 4.96. The molecule has 1 heterocycles.